The third-order valence-corrected chi connectivity index (χ3v) is 4.18. The quantitative estimate of drug-likeness (QED) is 0.911. The number of likely N-dealkylation sites (tertiary alicyclic amines) is 1. The minimum absolute atomic E-state index is 0.202. The summed E-state index contributed by atoms with van der Waals surface area (Å²) in [5.74, 6) is 1.60. The lowest BCUT2D eigenvalue weighted by atomic mass is 10.2. The van der Waals surface area contributed by atoms with Crippen LogP contribution < -0.4 is 0 Å². The lowest BCUT2D eigenvalue weighted by Gasteiger charge is -2.22. The number of H-pyrrole nitrogens is 1. The van der Waals surface area contributed by atoms with Gasteiger partial charge in [-0.3, -0.25) is 10.00 Å². The molecule has 0 bridgehead atoms. The van der Waals surface area contributed by atoms with Crippen molar-refractivity contribution in [2.75, 3.05) is 33.8 Å². The molecule has 1 aromatic carbocycles. The van der Waals surface area contributed by atoms with E-state index in [0.717, 1.165) is 36.6 Å². The van der Waals surface area contributed by atoms with Crippen LogP contribution in [0.5, 0.6) is 0 Å². The molecule has 1 unspecified atom stereocenters. The summed E-state index contributed by atoms with van der Waals surface area (Å²) in [6.45, 7) is 2.06. The molecule has 1 fully saturated rings. The van der Waals surface area contributed by atoms with Crippen LogP contribution >= 0.6 is 0 Å². The number of hydrogen-bond acceptors (Lipinski definition) is 5. The normalized spacial score (nSPS) is 17.8. The number of nitrogens with zero attached hydrogens (tertiary/aromatic N) is 4. The second-order valence-corrected chi connectivity index (χ2v) is 6.11. The number of aromatic amines is 1. The van der Waals surface area contributed by atoms with E-state index in [-0.39, 0.29) is 12.1 Å². The van der Waals surface area contributed by atoms with Crippen LogP contribution in [0, 0.1) is 0 Å². The highest BCUT2D eigenvalue weighted by molar-refractivity contribution is 5.66. The molecule has 7 nitrogen and oxygen atoms in total. The first-order chi connectivity index (χ1) is 11.6. The lowest BCUT2D eigenvalue weighted by molar-refractivity contribution is 0.100. The van der Waals surface area contributed by atoms with Gasteiger partial charge >= 0.3 is 6.09 Å². The van der Waals surface area contributed by atoms with Crippen LogP contribution in [0.15, 0.2) is 30.3 Å². The zero-order valence-corrected chi connectivity index (χ0v) is 14.1. The smallest absolute Gasteiger partial charge is 0.409 e. The number of rotatable bonds is 5. The third kappa shape index (κ3) is 3.73. The number of benzene rings is 1. The van der Waals surface area contributed by atoms with Crippen molar-refractivity contribution in [3.05, 3.63) is 36.2 Å². The van der Waals surface area contributed by atoms with E-state index in [2.05, 4.69) is 20.1 Å². The largest absolute Gasteiger partial charge is 0.448 e. The van der Waals surface area contributed by atoms with Gasteiger partial charge in [-0.05, 0) is 19.4 Å². The molecule has 0 radical (unpaired) electrons. The molecular weight excluding hydrogens is 306 g/mol. The van der Waals surface area contributed by atoms with E-state index < -0.39 is 0 Å². The Labute approximate surface area is 141 Å². The fourth-order valence-corrected chi connectivity index (χ4v) is 2.92. The zero-order chi connectivity index (χ0) is 16.9. The Bertz CT molecular complexity index is 671. The summed E-state index contributed by atoms with van der Waals surface area (Å²) in [5, 5.41) is 7.42. The molecule has 3 rings (SSSR count). The Morgan fingerprint density at radius 2 is 2.17 bits per heavy atom. The van der Waals surface area contributed by atoms with Crippen molar-refractivity contribution in [1.29, 1.82) is 0 Å². The van der Waals surface area contributed by atoms with Gasteiger partial charge in [0.05, 0.1) is 6.04 Å². The summed E-state index contributed by atoms with van der Waals surface area (Å²) >= 11 is 0. The van der Waals surface area contributed by atoms with Crippen LogP contribution in [0.4, 0.5) is 4.79 Å². The molecule has 0 aliphatic carbocycles. The first-order valence-corrected chi connectivity index (χ1v) is 8.21. The summed E-state index contributed by atoms with van der Waals surface area (Å²) in [7, 11) is 3.36. The maximum Gasteiger partial charge on any atom is 0.409 e. The summed E-state index contributed by atoms with van der Waals surface area (Å²) in [6, 6.07) is 10.1. The Hall–Kier alpha value is -2.41. The number of aromatic nitrogens is 3. The molecule has 0 spiro atoms. The van der Waals surface area contributed by atoms with Gasteiger partial charge in [0.25, 0.3) is 0 Å². The molecule has 2 heterocycles. The van der Waals surface area contributed by atoms with E-state index in [0.29, 0.717) is 13.2 Å². The van der Waals surface area contributed by atoms with Gasteiger partial charge in [-0.15, -0.1) is 0 Å². The second kappa shape index (κ2) is 7.44. The zero-order valence-electron chi connectivity index (χ0n) is 14.1. The second-order valence-electron chi connectivity index (χ2n) is 6.11. The molecule has 1 N–H and O–H groups in total. The summed E-state index contributed by atoms with van der Waals surface area (Å²) in [6.07, 6.45) is 1.83. The van der Waals surface area contributed by atoms with Crippen molar-refractivity contribution in [1.82, 2.24) is 25.0 Å². The molecule has 1 atom stereocenters. The van der Waals surface area contributed by atoms with Crippen molar-refractivity contribution in [2.24, 2.45) is 0 Å². The van der Waals surface area contributed by atoms with Crippen molar-refractivity contribution in [3.8, 4) is 11.4 Å². The predicted octanol–water partition coefficient (Wildman–Crippen LogP) is 2.31. The molecule has 1 saturated heterocycles. The van der Waals surface area contributed by atoms with Crippen LogP contribution in [0.2, 0.25) is 0 Å². The van der Waals surface area contributed by atoms with Gasteiger partial charge in [0.15, 0.2) is 5.82 Å². The molecule has 0 saturated carbocycles. The van der Waals surface area contributed by atoms with E-state index in [1.165, 1.54) is 4.90 Å². The van der Waals surface area contributed by atoms with Crippen LogP contribution in [0.3, 0.4) is 0 Å². The topological polar surface area (TPSA) is 74.3 Å². The number of carbonyl (C=O) groups is 1. The molecule has 1 aliphatic rings. The number of ether oxygens (including phenoxy) is 1. The van der Waals surface area contributed by atoms with Crippen molar-refractivity contribution < 1.29 is 9.53 Å². The molecular formula is C17H23N5O2. The SMILES string of the molecule is CN(C)C(=O)OCCN1CCCC1c1nc(-c2ccccc2)n[nH]1. The van der Waals surface area contributed by atoms with Crippen LogP contribution in [-0.2, 0) is 4.74 Å². The molecule has 128 valence electrons. The maximum absolute atomic E-state index is 11.5. The molecule has 1 aliphatic heterocycles. The minimum Gasteiger partial charge on any atom is -0.448 e. The van der Waals surface area contributed by atoms with Gasteiger partial charge < -0.3 is 9.64 Å². The standard InChI is InChI=1S/C17H23N5O2/c1-21(2)17(23)24-12-11-22-10-6-9-14(22)16-18-15(19-20-16)13-7-4-3-5-8-13/h3-5,7-8,14H,6,9-12H2,1-2H3,(H,18,19,20). The van der Waals surface area contributed by atoms with Crippen LogP contribution in [-0.4, -0.2) is 64.9 Å². The van der Waals surface area contributed by atoms with Gasteiger partial charge in [-0.2, -0.15) is 5.10 Å². The summed E-state index contributed by atoms with van der Waals surface area (Å²) < 4.78 is 5.22. The van der Waals surface area contributed by atoms with Gasteiger partial charge in [-0.1, -0.05) is 30.3 Å². The Morgan fingerprint density at radius 1 is 1.38 bits per heavy atom. The average Bonchev–Trinajstić information content (AvgIpc) is 3.24. The van der Waals surface area contributed by atoms with Gasteiger partial charge in [0.1, 0.15) is 12.4 Å². The van der Waals surface area contributed by atoms with Gasteiger partial charge in [-0.25, -0.2) is 9.78 Å². The molecule has 1 aromatic heterocycles. The number of nitrogens with one attached hydrogen (secondary N) is 1. The monoisotopic (exact) mass is 329 g/mol. The van der Waals surface area contributed by atoms with E-state index in [4.69, 9.17) is 4.74 Å². The first kappa shape index (κ1) is 16.4. The highest BCUT2D eigenvalue weighted by Gasteiger charge is 2.28. The maximum atomic E-state index is 11.5. The minimum atomic E-state index is -0.309. The molecule has 2 aromatic rings. The number of amides is 1. The molecule has 24 heavy (non-hydrogen) atoms. The average molecular weight is 329 g/mol. The van der Waals surface area contributed by atoms with Crippen molar-refractivity contribution in [3.63, 3.8) is 0 Å². The Morgan fingerprint density at radius 3 is 2.92 bits per heavy atom. The third-order valence-electron chi connectivity index (χ3n) is 4.18. The van der Waals surface area contributed by atoms with E-state index in [9.17, 15) is 4.79 Å². The van der Waals surface area contributed by atoms with Crippen LogP contribution in [0.1, 0.15) is 24.7 Å². The highest BCUT2D eigenvalue weighted by atomic mass is 16.6. The first-order valence-electron chi connectivity index (χ1n) is 8.21. The highest BCUT2D eigenvalue weighted by Crippen LogP contribution is 2.30. The van der Waals surface area contributed by atoms with E-state index >= 15 is 0 Å². The lowest BCUT2D eigenvalue weighted by Crippen LogP contribution is -2.31. The van der Waals surface area contributed by atoms with Crippen LogP contribution in [0.25, 0.3) is 11.4 Å². The van der Waals surface area contributed by atoms with Gasteiger partial charge in [0.2, 0.25) is 0 Å². The summed E-state index contributed by atoms with van der Waals surface area (Å²) in [4.78, 5) is 19.9. The van der Waals surface area contributed by atoms with Crippen molar-refractivity contribution in [2.45, 2.75) is 18.9 Å². The Kier molecular flexibility index (Phi) is 5.10. The molecule has 7 heteroatoms. The van der Waals surface area contributed by atoms with E-state index in [1.54, 1.807) is 14.1 Å². The van der Waals surface area contributed by atoms with Crippen molar-refractivity contribution >= 4 is 6.09 Å². The van der Waals surface area contributed by atoms with E-state index in [1.807, 2.05) is 30.3 Å². The number of carbonyl (C=O) groups excluding carboxylic acids is 1. The summed E-state index contributed by atoms with van der Waals surface area (Å²) in [5.41, 5.74) is 1.00. The fourth-order valence-electron chi connectivity index (χ4n) is 2.92. The predicted molar refractivity (Wildman–Crippen MR) is 90.4 cm³/mol. The van der Waals surface area contributed by atoms with Gasteiger partial charge in [0, 0.05) is 26.2 Å². The Balaban J connectivity index is 1.61. The fraction of sp³-hybridized carbons (Fsp3) is 0.471. The molecule has 1 amide bonds. The number of hydrogen-bond donors (Lipinski definition) is 1.